The van der Waals surface area contributed by atoms with E-state index in [1.54, 1.807) is 11.3 Å². The summed E-state index contributed by atoms with van der Waals surface area (Å²) in [5, 5.41) is 18.3. The Balaban J connectivity index is 2.25. The minimum absolute atomic E-state index is 0.138. The van der Waals surface area contributed by atoms with Crippen LogP contribution in [-0.4, -0.2) is 30.9 Å². The molecular formula is C21H23N5S. The van der Waals surface area contributed by atoms with Gasteiger partial charge in [0.15, 0.2) is 0 Å². The maximum atomic E-state index is 9.30. The van der Waals surface area contributed by atoms with Crippen molar-refractivity contribution in [1.29, 1.82) is 5.26 Å². The first-order valence-electron chi connectivity index (χ1n) is 8.86. The van der Waals surface area contributed by atoms with Gasteiger partial charge in [-0.05, 0) is 33.3 Å². The van der Waals surface area contributed by atoms with E-state index in [1.807, 2.05) is 6.92 Å². The van der Waals surface area contributed by atoms with Crippen LogP contribution in [0.4, 0.5) is 5.00 Å². The van der Waals surface area contributed by atoms with Gasteiger partial charge < -0.3 is 4.90 Å². The summed E-state index contributed by atoms with van der Waals surface area (Å²) in [4.78, 5) is 8.41. The average Bonchev–Trinajstić information content (AvgIpc) is 2.83. The number of hydrogen-bond acceptors (Lipinski definition) is 5. The number of aryl methyl sites for hydroxylation is 2. The summed E-state index contributed by atoms with van der Waals surface area (Å²) >= 11 is 1.73. The third-order valence-corrected chi connectivity index (χ3v) is 6.04. The van der Waals surface area contributed by atoms with Crippen molar-refractivity contribution in [3.8, 4) is 6.07 Å². The van der Waals surface area contributed by atoms with Crippen molar-refractivity contribution in [2.45, 2.75) is 40.2 Å². The minimum Gasteiger partial charge on any atom is -0.317 e. The van der Waals surface area contributed by atoms with Crippen molar-refractivity contribution in [2.75, 3.05) is 11.4 Å². The molecule has 27 heavy (non-hydrogen) atoms. The second-order valence-corrected chi connectivity index (χ2v) is 7.93. The quantitative estimate of drug-likeness (QED) is 0.444. The predicted molar refractivity (Wildman–Crippen MR) is 115 cm³/mol. The molecule has 0 radical (unpaired) electrons. The summed E-state index contributed by atoms with van der Waals surface area (Å²) in [5.74, 6) is 0.760. The summed E-state index contributed by atoms with van der Waals surface area (Å²) in [6, 6.07) is 10.6. The predicted octanol–water partition coefficient (Wildman–Crippen LogP) is 4.65. The number of benzene rings is 1. The second-order valence-electron chi connectivity index (χ2n) is 6.72. The molecule has 0 fully saturated rings. The molecule has 138 valence electrons. The van der Waals surface area contributed by atoms with Crippen molar-refractivity contribution >= 4 is 34.6 Å². The van der Waals surface area contributed by atoms with Crippen LogP contribution in [-0.2, 0) is 0 Å². The van der Waals surface area contributed by atoms with E-state index in [0.717, 1.165) is 27.7 Å². The van der Waals surface area contributed by atoms with Crippen LogP contribution in [0.25, 0.3) is 0 Å². The van der Waals surface area contributed by atoms with Gasteiger partial charge in [-0.2, -0.15) is 10.4 Å². The Labute approximate surface area is 164 Å². The lowest BCUT2D eigenvalue weighted by Crippen LogP contribution is -2.34. The first-order valence-corrected chi connectivity index (χ1v) is 9.67. The van der Waals surface area contributed by atoms with Crippen LogP contribution in [0.5, 0.6) is 0 Å². The summed E-state index contributed by atoms with van der Waals surface area (Å²) < 4.78 is 0. The third-order valence-electron chi connectivity index (χ3n) is 4.81. The fraction of sp³-hybridized carbons (Fsp3) is 0.333. The number of amidine groups is 1. The monoisotopic (exact) mass is 377 g/mol. The normalized spacial score (nSPS) is 17.0. The van der Waals surface area contributed by atoms with E-state index in [0.29, 0.717) is 13.0 Å². The molecule has 0 bridgehead atoms. The van der Waals surface area contributed by atoms with Gasteiger partial charge in [0, 0.05) is 29.3 Å². The number of fused-ring (bicyclic) bond motifs is 1. The van der Waals surface area contributed by atoms with E-state index in [2.05, 4.69) is 72.9 Å². The highest BCUT2D eigenvalue weighted by Crippen LogP contribution is 2.39. The van der Waals surface area contributed by atoms with Gasteiger partial charge in [0.25, 0.3) is 0 Å². The number of nitrogens with zero attached hydrogens (tertiary/aromatic N) is 5. The molecule has 1 aliphatic heterocycles. The number of thiophene rings is 1. The van der Waals surface area contributed by atoms with Gasteiger partial charge in [-0.3, -0.25) is 4.99 Å². The molecule has 0 spiro atoms. The first-order chi connectivity index (χ1) is 13.0. The molecule has 0 amide bonds. The zero-order valence-corrected chi connectivity index (χ0v) is 17.0. The standard InChI is InChI=1S/C21H23N5S/c1-13-6-8-17(9-7-13)20-19-14(2)15(3)27-21(19)26(16(4)25-23-5)12-18(24-20)10-11-22/h6-9,18H,5,10,12H2,1-4H3/b25-16-. The van der Waals surface area contributed by atoms with E-state index in [9.17, 15) is 5.26 Å². The third kappa shape index (κ3) is 3.69. The van der Waals surface area contributed by atoms with Crippen LogP contribution in [0.3, 0.4) is 0 Å². The molecule has 1 unspecified atom stereocenters. The highest BCUT2D eigenvalue weighted by molar-refractivity contribution is 7.17. The van der Waals surface area contributed by atoms with E-state index in [4.69, 9.17) is 4.99 Å². The van der Waals surface area contributed by atoms with Gasteiger partial charge in [0.2, 0.25) is 0 Å². The molecule has 0 saturated heterocycles. The van der Waals surface area contributed by atoms with Gasteiger partial charge in [-0.1, -0.05) is 29.8 Å². The molecule has 1 atom stereocenters. The van der Waals surface area contributed by atoms with E-state index in [-0.39, 0.29) is 6.04 Å². The smallest absolute Gasteiger partial charge is 0.129 e. The maximum absolute atomic E-state index is 9.30. The number of anilines is 1. The summed E-state index contributed by atoms with van der Waals surface area (Å²) in [6.45, 7) is 12.3. The Morgan fingerprint density at radius 3 is 2.67 bits per heavy atom. The van der Waals surface area contributed by atoms with Gasteiger partial charge in [0.05, 0.1) is 24.2 Å². The molecule has 0 aliphatic carbocycles. The topological polar surface area (TPSA) is 64.1 Å². The summed E-state index contributed by atoms with van der Waals surface area (Å²) in [6.07, 6.45) is 0.355. The van der Waals surface area contributed by atoms with E-state index >= 15 is 0 Å². The number of nitriles is 1. The molecule has 0 saturated carbocycles. The van der Waals surface area contributed by atoms with Crippen LogP contribution < -0.4 is 4.90 Å². The Kier molecular flexibility index (Phi) is 5.52. The van der Waals surface area contributed by atoms with Crippen LogP contribution in [0.1, 0.15) is 40.5 Å². The van der Waals surface area contributed by atoms with Crippen LogP contribution in [0.15, 0.2) is 39.5 Å². The number of aliphatic imine (C=N–C) groups is 1. The Morgan fingerprint density at radius 1 is 1.33 bits per heavy atom. The Hall–Kier alpha value is -2.78. The molecule has 2 heterocycles. The minimum atomic E-state index is -0.138. The fourth-order valence-electron chi connectivity index (χ4n) is 3.24. The van der Waals surface area contributed by atoms with Gasteiger partial charge >= 0.3 is 0 Å². The lowest BCUT2D eigenvalue weighted by atomic mass is 9.99. The van der Waals surface area contributed by atoms with Crippen LogP contribution >= 0.6 is 11.3 Å². The Morgan fingerprint density at radius 2 is 2.04 bits per heavy atom. The van der Waals surface area contributed by atoms with Crippen molar-refractivity contribution in [2.24, 2.45) is 15.2 Å². The highest BCUT2D eigenvalue weighted by Gasteiger charge is 2.30. The van der Waals surface area contributed by atoms with E-state index in [1.165, 1.54) is 16.0 Å². The van der Waals surface area contributed by atoms with Gasteiger partial charge in [0.1, 0.15) is 10.8 Å². The van der Waals surface area contributed by atoms with Crippen LogP contribution in [0, 0.1) is 32.1 Å². The van der Waals surface area contributed by atoms with E-state index < -0.39 is 0 Å². The van der Waals surface area contributed by atoms with Gasteiger partial charge in [-0.15, -0.1) is 16.4 Å². The molecule has 2 aromatic rings. The lowest BCUT2D eigenvalue weighted by molar-refractivity contribution is 0.700. The Bertz CT molecular complexity index is 960. The average molecular weight is 378 g/mol. The van der Waals surface area contributed by atoms with Crippen LogP contribution in [0.2, 0.25) is 0 Å². The first kappa shape index (κ1) is 19.0. The zero-order valence-electron chi connectivity index (χ0n) is 16.2. The van der Waals surface area contributed by atoms with Crippen molar-refractivity contribution in [1.82, 2.24) is 0 Å². The maximum Gasteiger partial charge on any atom is 0.129 e. The number of rotatable bonds is 3. The molecular weight excluding hydrogens is 354 g/mol. The van der Waals surface area contributed by atoms with Crippen molar-refractivity contribution in [3.05, 3.63) is 51.4 Å². The highest BCUT2D eigenvalue weighted by atomic mass is 32.1. The second kappa shape index (κ2) is 7.85. The molecule has 6 heteroatoms. The molecule has 1 aliphatic rings. The summed E-state index contributed by atoms with van der Waals surface area (Å²) in [5.41, 5.74) is 5.58. The van der Waals surface area contributed by atoms with Gasteiger partial charge in [-0.25, -0.2) is 0 Å². The fourth-order valence-corrected chi connectivity index (χ4v) is 4.45. The lowest BCUT2D eigenvalue weighted by Gasteiger charge is -2.23. The number of hydrogen-bond donors (Lipinski definition) is 0. The largest absolute Gasteiger partial charge is 0.317 e. The zero-order chi connectivity index (χ0) is 19.6. The molecule has 0 N–H and O–H groups in total. The molecule has 1 aromatic heterocycles. The SMILES string of the molecule is C=N/N=C(/C)N1CC(CC#N)N=C(c2ccc(C)cc2)c2c1sc(C)c2C. The van der Waals surface area contributed by atoms with Crippen molar-refractivity contribution in [3.63, 3.8) is 0 Å². The van der Waals surface area contributed by atoms with Crippen molar-refractivity contribution < 1.29 is 0 Å². The summed E-state index contributed by atoms with van der Waals surface area (Å²) in [7, 11) is 0. The molecule has 5 nitrogen and oxygen atoms in total. The molecule has 1 aromatic carbocycles. The molecule has 3 rings (SSSR count).